The van der Waals surface area contributed by atoms with E-state index in [4.69, 9.17) is 0 Å². The summed E-state index contributed by atoms with van der Waals surface area (Å²) in [7, 11) is 2.02. The number of likely N-dealkylation sites (N-methyl/N-ethyl adjacent to an activating group) is 1. The van der Waals surface area contributed by atoms with Gasteiger partial charge >= 0.3 is 0 Å². The Balaban J connectivity index is 1.90. The van der Waals surface area contributed by atoms with Crippen LogP contribution in [0.4, 0.5) is 0 Å². The van der Waals surface area contributed by atoms with Crippen LogP contribution in [0.3, 0.4) is 0 Å². The molecule has 3 rings (SSSR count). The third-order valence-electron chi connectivity index (χ3n) is 5.98. The van der Waals surface area contributed by atoms with E-state index in [-0.39, 0.29) is 17.7 Å². The standard InChI is InChI=1S/C23H38N8/c1-6-13-28-31(27-7-2)23(24-5)17-22(23,29-18(3)20-11-10-14-25-16-20)30-19(4)21-12-8-9-15-26-21/h8-12,14-16,18-19,24,27-30H,6-7,13,17H2,1-5H3/t18-,19?,22?,23-/m0/s1. The third kappa shape index (κ3) is 5.11. The highest BCUT2D eigenvalue weighted by atomic mass is 15.8. The van der Waals surface area contributed by atoms with Crippen molar-refractivity contribution in [1.29, 1.82) is 0 Å². The first kappa shape index (κ1) is 23.7. The molecule has 0 amide bonds. The number of rotatable bonds is 13. The summed E-state index contributed by atoms with van der Waals surface area (Å²) in [5.41, 5.74) is 8.48. The summed E-state index contributed by atoms with van der Waals surface area (Å²) in [6, 6.07) is 10.3. The predicted molar refractivity (Wildman–Crippen MR) is 125 cm³/mol. The summed E-state index contributed by atoms with van der Waals surface area (Å²) in [6.07, 6.45) is 7.49. The summed E-state index contributed by atoms with van der Waals surface area (Å²) in [4.78, 5) is 8.87. The van der Waals surface area contributed by atoms with Crippen molar-refractivity contribution in [2.45, 2.75) is 63.9 Å². The van der Waals surface area contributed by atoms with Crippen LogP contribution in [-0.2, 0) is 0 Å². The first-order valence-corrected chi connectivity index (χ1v) is 11.3. The number of hydrogen-bond donors (Lipinski definition) is 5. The lowest BCUT2D eigenvalue weighted by molar-refractivity contribution is 0.00196. The van der Waals surface area contributed by atoms with Crippen LogP contribution in [-0.4, -0.2) is 46.5 Å². The van der Waals surface area contributed by atoms with E-state index >= 15 is 0 Å². The maximum atomic E-state index is 4.57. The van der Waals surface area contributed by atoms with Gasteiger partial charge in [0.1, 0.15) is 11.3 Å². The molecule has 1 fully saturated rings. The minimum Gasteiger partial charge on any atom is -0.297 e. The summed E-state index contributed by atoms with van der Waals surface area (Å²) in [6.45, 7) is 10.3. The molecule has 8 heteroatoms. The van der Waals surface area contributed by atoms with Gasteiger partial charge in [-0.3, -0.25) is 25.9 Å². The molecule has 2 aromatic rings. The molecule has 1 saturated carbocycles. The summed E-state index contributed by atoms with van der Waals surface area (Å²) < 4.78 is 0. The summed E-state index contributed by atoms with van der Waals surface area (Å²) >= 11 is 0. The Morgan fingerprint density at radius 1 is 1.03 bits per heavy atom. The molecule has 170 valence electrons. The molecule has 0 aromatic carbocycles. The molecule has 1 aliphatic rings. The summed E-state index contributed by atoms with van der Waals surface area (Å²) in [5, 5.41) is 13.5. The lowest BCUT2D eigenvalue weighted by Crippen LogP contribution is -2.69. The van der Waals surface area contributed by atoms with E-state index in [1.165, 1.54) is 0 Å². The van der Waals surface area contributed by atoms with Crippen LogP contribution in [0.25, 0.3) is 0 Å². The molecule has 2 aromatic heterocycles. The Morgan fingerprint density at radius 2 is 1.84 bits per heavy atom. The highest BCUT2D eigenvalue weighted by Gasteiger charge is 2.71. The van der Waals surface area contributed by atoms with Crippen molar-refractivity contribution < 1.29 is 0 Å². The first-order valence-electron chi connectivity index (χ1n) is 11.3. The first-order chi connectivity index (χ1) is 15.0. The molecule has 5 N–H and O–H groups in total. The Labute approximate surface area is 186 Å². The van der Waals surface area contributed by atoms with Gasteiger partial charge in [-0.15, -0.1) is 0 Å². The molecule has 4 atom stereocenters. The average Bonchev–Trinajstić information content (AvgIpc) is 3.44. The molecule has 0 bridgehead atoms. The van der Waals surface area contributed by atoms with Crippen LogP contribution in [0.5, 0.6) is 0 Å². The highest BCUT2D eigenvalue weighted by molar-refractivity contribution is 5.28. The van der Waals surface area contributed by atoms with Gasteiger partial charge in [-0.25, -0.2) is 10.9 Å². The minimum absolute atomic E-state index is 0.0691. The maximum absolute atomic E-state index is 4.57. The van der Waals surface area contributed by atoms with Crippen molar-refractivity contribution in [3.63, 3.8) is 0 Å². The van der Waals surface area contributed by atoms with Gasteiger partial charge in [0.05, 0.1) is 5.69 Å². The molecular weight excluding hydrogens is 388 g/mol. The van der Waals surface area contributed by atoms with Crippen LogP contribution in [0, 0.1) is 0 Å². The molecule has 0 aliphatic heterocycles. The summed E-state index contributed by atoms with van der Waals surface area (Å²) in [5.74, 6) is 0. The molecule has 31 heavy (non-hydrogen) atoms. The van der Waals surface area contributed by atoms with Gasteiger partial charge in [0.15, 0.2) is 0 Å². The van der Waals surface area contributed by atoms with Crippen molar-refractivity contribution in [2.24, 2.45) is 0 Å². The number of hydrogen-bond acceptors (Lipinski definition) is 8. The van der Waals surface area contributed by atoms with Crippen LogP contribution >= 0.6 is 0 Å². The highest BCUT2D eigenvalue weighted by Crippen LogP contribution is 2.49. The fourth-order valence-electron chi connectivity index (χ4n) is 4.27. The number of pyridine rings is 2. The predicted octanol–water partition coefficient (Wildman–Crippen LogP) is 2.23. The van der Waals surface area contributed by atoms with Gasteiger partial charge in [0, 0.05) is 50.2 Å². The van der Waals surface area contributed by atoms with Gasteiger partial charge in [-0.05, 0) is 51.1 Å². The topological polar surface area (TPSA) is 89.2 Å². The van der Waals surface area contributed by atoms with E-state index in [1.807, 2.05) is 43.8 Å². The van der Waals surface area contributed by atoms with E-state index in [2.05, 4.69) is 81.7 Å². The number of nitrogens with zero attached hydrogens (tertiary/aromatic N) is 3. The Bertz CT molecular complexity index is 739. The molecule has 0 radical (unpaired) electrons. The molecule has 2 unspecified atom stereocenters. The smallest absolute Gasteiger partial charge is 0.135 e. The Hall–Kier alpha value is -1.94. The second-order valence-corrected chi connectivity index (χ2v) is 8.22. The third-order valence-corrected chi connectivity index (χ3v) is 5.98. The molecule has 0 saturated heterocycles. The minimum atomic E-state index is -0.392. The van der Waals surface area contributed by atoms with E-state index < -0.39 is 5.66 Å². The quantitative estimate of drug-likeness (QED) is 0.246. The second kappa shape index (κ2) is 10.6. The molecule has 2 heterocycles. The Morgan fingerprint density at radius 3 is 2.45 bits per heavy atom. The lowest BCUT2D eigenvalue weighted by atomic mass is 10.1. The van der Waals surface area contributed by atoms with Crippen molar-refractivity contribution in [1.82, 2.24) is 41.9 Å². The number of hydrazine groups is 2. The van der Waals surface area contributed by atoms with Gasteiger partial charge < -0.3 is 0 Å². The molecule has 8 nitrogen and oxygen atoms in total. The van der Waals surface area contributed by atoms with E-state index in [0.29, 0.717) is 0 Å². The average molecular weight is 427 g/mol. The number of nitrogens with one attached hydrogen (secondary N) is 5. The zero-order valence-corrected chi connectivity index (χ0v) is 19.4. The Kier molecular flexibility index (Phi) is 8.10. The second-order valence-electron chi connectivity index (χ2n) is 8.22. The number of aromatic nitrogens is 2. The SMILES string of the molecule is CCCNN(NCC)[C@@]1(NC)CC1(NC(C)c1ccccn1)N[C@@H](C)c1cccnc1. The fraction of sp³-hybridized carbons (Fsp3) is 0.565. The van der Waals surface area contributed by atoms with Crippen molar-refractivity contribution in [2.75, 3.05) is 20.1 Å². The van der Waals surface area contributed by atoms with Crippen LogP contribution in [0.15, 0.2) is 48.9 Å². The molecular formula is C23H38N8. The van der Waals surface area contributed by atoms with Gasteiger partial charge in [-0.1, -0.05) is 26.0 Å². The van der Waals surface area contributed by atoms with E-state index in [0.717, 1.165) is 37.2 Å². The van der Waals surface area contributed by atoms with Crippen molar-refractivity contribution >= 4 is 0 Å². The van der Waals surface area contributed by atoms with Crippen LogP contribution < -0.4 is 26.8 Å². The van der Waals surface area contributed by atoms with Gasteiger partial charge in [-0.2, -0.15) is 5.12 Å². The normalized spacial score (nSPS) is 24.8. The lowest BCUT2D eigenvalue weighted by Gasteiger charge is -2.39. The molecule has 0 spiro atoms. The van der Waals surface area contributed by atoms with Gasteiger partial charge in [0.2, 0.25) is 0 Å². The zero-order chi connectivity index (χ0) is 22.3. The maximum Gasteiger partial charge on any atom is 0.135 e. The van der Waals surface area contributed by atoms with Gasteiger partial charge in [0.25, 0.3) is 0 Å². The van der Waals surface area contributed by atoms with E-state index in [1.54, 1.807) is 0 Å². The fourth-order valence-corrected chi connectivity index (χ4v) is 4.27. The van der Waals surface area contributed by atoms with E-state index in [9.17, 15) is 0 Å². The van der Waals surface area contributed by atoms with Crippen LogP contribution in [0.2, 0.25) is 0 Å². The molecule has 1 aliphatic carbocycles. The largest absolute Gasteiger partial charge is 0.297 e. The monoisotopic (exact) mass is 426 g/mol. The van der Waals surface area contributed by atoms with Crippen molar-refractivity contribution in [3.05, 3.63) is 60.2 Å². The van der Waals surface area contributed by atoms with Crippen molar-refractivity contribution in [3.8, 4) is 0 Å². The zero-order valence-electron chi connectivity index (χ0n) is 19.4. The van der Waals surface area contributed by atoms with Crippen LogP contribution in [0.1, 0.15) is 63.9 Å².